The number of aromatic nitrogens is 1. The first-order valence-corrected chi connectivity index (χ1v) is 11.4. The summed E-state index contributed by atoms with van der Waals surface area (Å²) in [7, 11) is 0. The average molecular weight is 455 g/mol. The molecule has 6 nitrogen and oxygen atoms in total. The van der Waals surface area contributed by atoms with Crippen LogP contribution in [0.1, 0.15) is 51.5 Å². The molecule has 4 aromatic rings. The predicted molar refractivity (Wildman–Crippen MR) is 131 cm³/mol. The second-order valence-electron chi connectivity index (χ2n) is 8.82. The Morgan fingerprint density at radius 1 is 1.09 bits per heavy atom. The Morgan fingerprint density at radius 3 is 2.62 bits per heavy atom. The molecule has 0 radical (unpaired) electrons. The molecule has 0 spiro atoms. The monoisotopic (exact) mass is 454 g/mol. The van der Waals surface area contributed by atoms with Crippen molar-refractivity contribution >= 4 is 22.8 Å². The van der Waals surface area contributed by atoms with E-state index in [-0.39, 0.29) is 17.4 Å². The highest BCUT2D eigenvalue weighted by molar-refractivity contribution is 5.95. The van der Waals surface area contributed by atoms with E-state index in [9.17, 15) is 14.7 Å². The van der Waals surface area contributed by atoms with Gasteiger partial charge < -0.3 is 20.1 Å². The molecule has 3 N–H and O–H groups in total. The number of nitrogens with zero attached hydrogens (tertiary/aromatic N) is 1. The van der Waals surface area contributed by atoms with Crippen LogP contribution in [0.2, 0.25) is 0 Å². The number of carbonyl (C=O) groups is 2. The number of aryl methyl sites for hydroxylation is 1. The molecule has 0 saturated heterocycles. The van der Waals surface area contributed by atoms with Crippen LogP contribution in [-0.2, 0) is 17.8 Å². The number of benzene rings is 3. The normalized spacial score (nSPS) is 15.1. The van der Waals surface area contributed by atoms with Gasteiger partial charge in [-0.15, -0.1) is 0 Å². The number of amides is 1. The number of hydrogen-bond donors (Lipinski definition) is 2. The zero-order chi connectivity index (χ0) is 23.8. The molecular weight excluding hydrogens is 428 g/mol. The van der Waals surface area contributed by atoms with E-state index in [0.29, 0.717) is 18.0 Å². The molecule has 0 saturated carbocycles. The van der Waals surface area contributed by atoms with Crippen molar-refractivity contribution in [3.63, 3.8) is 0 Å². The summed E-state index contributed by atoms with van der Waals surface area (Å²) in [6.45, 7) is 2.51. The summed E-state index contributed by atoms with van der Waals surface area (Å²) in [6.07, 6.45) is 2.50. The number of hydrogen-bond acceptors (Lipinski definition) is 3. The number of ether oxygens (including phenoxy) is 1. The van der Waals surface area contributed by atoms with Gasteiger partial charge >= 0.3 is 5.97 Å². The Kier molecular flexibility index (Phi) is 5.57. The smallest absolute Gasteiger partial charge is 0.339 e. The molecule has 172 valence electrons. The van der Waals surface area contributed by atoms with Gasteiger partial charge in [0.25, 0.3) is 0 Å². The number of carbonyl (C=O) groups excluding carboxylic acids is 1. The van der Waals surface area contributed by atoms with Gasteiger partial charge in [-0.3, -0.25) is 4.79 Å². The molecule has 1 atom stereocenters. The first-order chi connectivity index (χ1) is 16.4. The van der Waals surface area contributed by atoms with Gasteiger partial charge in [-0.05, 0) is 67.1 Å². The van der Waals surface area contributed by atoms with E-state index >= 15 is 0 Å². The summed E-state index contributed by atoms with van der Waals surface area (Å²) in [5, 5.41) is 10.5. The fourth-order valence-corrected chi connectivity index (χ4v) is 5.06. The summed E-state index contributed by atoms with van der Waals surface area (Å²) in [4.78, 5) is 24.1. The Balaban J connectivity index is 1.66. The molecule has 1 aliphatic carbocycles. The fraction of sp³-hybridized carbons (Fsp3) is 0.214. The molecule has 0 aliphatic heterocycles. The molecule has 1 amide bonds. The lowest BCUT2D eigenvalue weighted by Crippen LogP contribution is -2.25. The summed E-state index contributed by atoms with van der Waals surface area (Å²) in [5.74, 6) is -0.874. The zero-order valence-electron chi connectivity index (χ0n) is 19.0. The van der Waals surface area contributed by atoms with E-state index in [1.165, 1.54) is 11.6 Å². The van der Waals surface area contributed by atoms with E-state index < -0.39 is 5.97 Å². The molecule has 1 unspecified atom stereocenters. The Bertz CT molecular complexity index is 1410. The Hall–Kier alpha value is -4.06. The van der Waals surface area contributed by atoms with Gasteiger partial charge in [-0.1, -0.05) is 42.5 Å². The SMILES string of the molecule is Cc1cccc(C(=O)O)c1Oc1ccc2c(c1)c1c(n2Cc2ccccc2)CCCC1C(N)=O. The average Bonchev–Trinajstić information content (AvgIpc) is 3.14. The van der Waals surface area contributed by atoms with Gasteiger partial charge in [0, 0.05) is 23.1 Å². The summed E-state index contributed by atoms with van der Waals surface area (Å²) < 4.78 is 8.39. The topological polar surface area (TPSA) is 94.6 Å². The second kappa shape index (κ2) is 8.71. The lowest BCUT2D eigenvalue weighted by molar-refractivity contribution is -0.119. The van der Waals surface area contributed by atoms with Gasteiger partial charge in [-0.25, -0.2) is 4.79 Å². The maximum absolute atomic E-state index is 12.4. The van der Waals surface area contributed by atoms with Crippen molar-refractivity contribution in [3.05, 3.63) is 94.7 Å². The van der Waals surface area contributed by atoms with Crippen molar-refractivity contribution in [2.45, 2.75) is 38.6 Å². The van der Waals surface area contributed by atoms with Crippen LogP contribution in [0, 0.1) is 6.92 Å². The van der Waals surface area contributed by atoms with Crippen molar-refractivity contribution in [2.24, 2.45) is 5.73 Å². The number of nitrogens with two attached hydrogens (primary N) is 1. The maximum Gasteiger partial charge on any atom is 0.339 e. The van der Waals surface area contributed by atoms with Gasteiger partial charge in [0.1, 0.15) is 17.1 Å². The summed E-state index contributed by atoms with van der Waals surface area (Å²) in [5.41, 5.74) is 11.0. The highest BCUT2D eigenvalue weighted by Crippen LogP contribution is 2.41. The van der Waals surface area contributed by atoms with Crippen LogP contribution in [0.3, 0.4) is 0 Å². The molecule has 1 aliphatic rings. The standard InChI is InChI=1S/C28H26N2O4/c1-17-7-5-11-21(28(32)33)26(17)34-19-13-14-23-22(15-19)25-20(27(29)31)10-6-12-24(25)30(23)16-18-8-3-2-4-9-18/h2-5,7-9,11,13-15,20H,6,10,12,16H2,1H3,(H2,29,31)(H,32,33). The number of rotatable bonds is 6. The lowest BCUT2D eigenvalue weighted by Gasteiger charge is -2.22. The van der Waals surface area contributed by atoms with Crippen LogP contribution in [0.4, 0.5) is 0 Å². The number of carboxylic acid groups (broad SMARTS) is 1. The molecule has 6 heteroatoms. The molecule has 5 rings (SSSR count). The van der Waals surface area contributed by atoms with Gasteiger partial charge in [-0.2, -0.15) is 0 Å². The molecule has 34 heavy (non-hydrogen) atoms. The minimum atomic E-state index is -1.04. The van der Waals surface area contributed by atoms with E-state index in [4.69, 9.17) is 10.5 Å². The molecule has 3 aromatic carbocycles. The zero-order valence-corrected chi connectivity index (χ0v) is 19.0. The van der Waals surface area contributed by atoms with E-state index in [0.717, 1.165) is 47.0 Å². The minimum Gasteiger partial charge on any atom is -0.478 e. The number of carboxylic acids is 1. The van der Waals surface area contributed by atoms with Crippen LogP contribution < -0.4 is 10.5 Å². The molecule has 0 bridgehead atoms. The number of fused-ring (bicyclic) bond motifs is 3. The van der Waals surface area contributed by atoms with E-state index in [1.54, 1.807) is 6.07 Å². The van der Waals surface area contributed by atoms with Crippen LogP contribution in [0.15, 0.2) is 66.7 Å². The minimum absolute atomic E-state index is 0.110. The molecular formula is C28H26N2O4. The third kappa shape index (κ3) is 3.81. The van der Waals surface area contributed by atoms with E-state index in [1.807, 2.05) is 49.4 Å². The fourth-order valence-electron chi connectivity index (χ4n) is 5.06. The van der Waals surface area contributed by atoms with Gasteiger partial charge in [0.15, 0.2) is 0 Å². The van der Waals surface area contributed by atoms with Gasteiger partial charge in [0.05, 0.1) is 5.92 Å². The number of primary amides is 1. The largest absolute Gasteiger partial charge is 0.478 e. The van der Waals surface area contributed by atoms with Crippen LogP contribution in [0.25, 0.3) is 10.9 Å². The Morgan fingerprint density at radius 2 is 1.88 bits per heavy atom. The quantitative estimate of drug-likeness (QED) is 0.408. The summed E-state index contributed by atoms with van der Waals surface area (Å²) >= 11 is 0. The first-order valence-electron chi connectivity index (χ1n) is 11.4. The van der Waals surface area contributed by atoms with E-state index in [2.05, 4.69) is 16.7 Å². The Labute approximate surface area is 197 Å². The molecule has 0 fully saturated rings. The highest BCUT2D eigenvalue weighted by atomic mass is 16.5. The maximum atomic E-state index is 12.4. The third-order valence-electron chi connectivity index (χ3n) is 6.63. The lowest BCUT2D eigenvalue weighted by atomic mass is 9.84. The van der Waals surface area contributed by atoms with Crippen molar-refractivity contribution in [1.82, 2.24) is 4.57 Å². The van der Waals surface area contributed by atoms with Gasteiger partial charge in [0.2, 0.25) is 5.91 Å². The third-order valence-corrected chi connectivity index (χ3v) is 6.63. The first kappa shape index (κ1) is 21.8. The molecule has 1 heterocycles. The van der Waals surface area contributed by atoms with Crippen molar-refractivity contribution in [1.29, 1.82) is 0 Å². The van der Waals surface area contributed by atoms with Crippen LogP contribution >= 0.6 is 0 Å². The molecule has 1 aromatic heterocycles. The highest BCUT2D eigenvalue weighted by Gasteiger charge is 2.31. The predicted octanol–water partition coefficient (Wildman–Crippen LogP) is 5.39. The summed E-state index contributed by atoms with van der Waals surface area (Å²) in [6, 6.07) is 21.0. The van der Waals surface area contributed by atoms with Crippen LogP contribution in [-0.4, -0.2) is 21.6 Å². The van der Waals surface area contributed by atoms with Crippen molar-refractivity contribution in [3.8, 4) is 11.5 Å². The second-order valence-corrected chi connectivity index (χ2v) is 8.82. The number of para-hydroxylation sites is 1. The van der Waals surface area contributed by atoms with Crippen molar-refractivity contribution in [2.75, 3.05) is 0 Å². The van der Waals surface area contributed by atoms with Crippen LogP contribution in [0.5, 0.6) is 11.5 Å². The number of aromatic carboxylic acids is 1. The van der Waals surface area contributed by atoms with Crippen molar-refractivity contribution < 1.29 is 19.4 Å².